The first-order valence-electron chi connectivity index (χ1n) is 5.19. The number of amides is 1. The van der Waals surface area contributed by atoms with Crippen molar-refractivity contribution in [2.75, 3.05) is 20.7 Å². The summed E-state index contributed by atoms with van der Waals surface area (Å²) in [7, 11) is 2.86. The lowest BCUT2D eigenvalue weighted by Crippen LogP contribution is -2.33. The normalized spacial score (nSPS) is 17.4. The molecule has 0 aromatic rings. The van der Waals surface area contributed by atoms with Gasteiger partial charge in [0, 0.05) is 12.6 Å². The van der Waals surface area contributed by atoms with E-state index in [1.807, 2.05) is 18.2 Å². The third-order valence-electron chi connectivity index (χ3n) is 2.18. The van der Waals surface area contributed by atoms with Crippen LogP contribution in [0.5, 0.6) is 0 Å². The van der Waals surface area contributed by atoms with Crippen LogP contribution in [-0.2, 0) is 14.3 Å². The van der Waals surface area contributed by atoms with Crippen molar-refractivity contribution in [2.45, 2.75) is 0 Å². The van der Waals surface area contributed by atoms with Gasteiger partial charge in [0.2, 0.25) is 0 Å². The molecular formula is C13H15NO3. The Bertz CT molecular complexity index is 416. The highest BCUT2D eigenvalue weighted by molar-refractivity contribution is 5.97. The van der Waals surface area contributed by atoms with Crippen molar-refractivity contribution in [1.82, 2.24) is 4.90 Å². The van der Waals surface area contributed by atoms with E-state index >= 15 is 0 Å². The van der Waals surface area contributed by atoms with Gasteiger partial charge in [0.15, 0.2) is 0 Å². The maximum atomic E-state index is 12.0. The molecule has 1 aliphatic rings. The molecule has 1 amide bonds. The number of esters is 1. The second-order valence-corrected chi connectivity index (χ2v) is 3.49. The van der Waals surface area contributed by atoms with Gasteiger partial charge in [0.05, 0.1) is 7.11 Å². The van der Waals surface area contributed by atoms with E-state index in [0.29, 0.717) is 5.57 Å². The monoisotopic (exact) mass is 233 g/mol. The Balaban J connectivity index is 2.72. The molecule has 17 heavy (non-hydrogen) atoms. The molecule has 1 aliphatic carbocycles. The smallest absolute Gasteiger partial charge is 0.325 e. The van der Waals surface area contributed by atoms with E-state index < -0.39 is 5.97 Å². The Morgan fingerprint density at radius 1 is 1.18 bits per heavy atom. The Morgan fingerprint density at radius 2 is 1.82 bits per heavy atom. The minimum atomic E-state index is -0.438. The van der Waals surface area contributed by atoms with Crippen LogP contribution in [0.15, 0.2) is 48.1 Å². The highest BCUT2D eigenvalue weighted by Gasteiger charge is 2.15. The summed E-state index contributed by atoms with van der Waals surface area (Å²) >= 11 is 0. The van der Waals surface area contributed by atoms with Gasteiger partial charge in [-0.15, -0.1) is 0 Å². The molecule has 4 heteroatoms. The van der Waals surface area contributed by atoms with Crippen molar-refractivity contribution in [3.05, 3.63) is 48.1 Å². The van der Waals surface area contributed by atoms with Crippen molar-refractivity contribution in [1.29, 1.82) is 0 Å². The fraction of sp³-hybridized carbons (Fsp3) is 0.231. The van der Waals surface area contributed by atoms with Crippen molar-refractivity contribution in [2.24, 2.45) is 0 Å². The largest absolute Gasteiger partial charge is 0.468 e. The first kappa shape index (κ1) is 13.0. The second-order valence-electron chi connectivity index (χ2n) is 3.49. The Labute approximate surface area is 101 Å². The molecule has 0 fully saturated rings. The minimum absolute atomic E-state index is 0.0555. The van der Waals surface area contributed by atoms with Crippen molar-refractivity contribution in [3.8, 4) is 0 Å². The SMILES string of the molecule is COC(=O)CN(C)C(=O)C1=C/C=C\C=C/C=C1. The molecule has 0 spiro atoms. The van der Waals surface area contributed by atoms with Gasteiger partial charge in [0.1, 0.15) is 6.54 Å². The van der Waals surface area contributed by atoms with E-state index in [4.69, 9.17) is 0 Å². The zero-order valence-electron chi connectivity index (χ0n) is 9.92. The van der Waals surface area contributed by atoms with Gasteiger partial charge >= 0.3 is 5.97 Å². The number of ether oxygens (including phenoxy) is 1. The number of hydrogen-bond acceptors (Lipinski definition) is 3. The minimum Gasteiger partial charge on any atom is -0.468 e. The average Bonchev–Trinajstić information content (AvgIpc) is 2.27. The molecule has 0 unspecified atom stereocenters. The van der Waals surface area contributed by atoms with Gasteiger partial charge < -0.3 is 9.64 Å². The summed E-state index contributed by atoms with van der Waals surface area (Å²) in [5.41, 5.74) is 0.525. The molecule has 0 radical (unpaired) electrons. The van der Waals surface area contributed by atoms with E-state index in [0.717, 1.165) is 0 Å². The predicted octanol–water partition coefficient (Wildman–Crippen LogP) is 1.23. The van der Waals surface area contributed by atoms with E-state index in [2.05, 4.69) is 4.74 Å². The topological polar surface area (TPSA) is 46.6 Å². The fourth-order valence-corrected chi connectivity index (χ4v) is 1.26. The molecule has 0 aromatic heterocycles. The summed E-state index contributed by atoms with van der Waals surface area (Å²) in [5.74, 6) is -0.654. The zero-order chi connectivity index (χ0) is 12.7. The third-order valence-corrected chi connectivity index (χ3v) is 2.18. The average molecular weight is 233 g/mol. The quantitative estimate of drug-likeness (QED) is 0.689. The van der Waals surface area contributed by atoms with Gasteiger partial charge in [-0.1, -0.05) is 30.4 Å². The molecule has 90 valence electrons. The summed E-state index contributed by atoms with van der Waals surface area (Å²) < 4.78 is 4.51. The maximum absolute atomic E-state index is 12.0. The van der Waals surface area contributed by atoms with E-state index in [-0.39, 0.29) is 12.5 Å². The molecule has 0 heterocycles. The van der Waals surface area contributed by atoms with E-state index in [1.54, 1.807) is 31.4 Å². The van der Waals surface area contributed by atoms with Gasteiger partial charge in [-0.3, -0.25) is 9.59 Å². The molecule has 0 aliphatic heterocycles. The van der Waals surface area contributed by atoms with Crippen molar-refractivity contribution in [3.63, 3.8) is 0 Å². The van der Waals surface area contributed by atoms with Crippen LogP contribution in [0, 0.1) is 0 Å². The van der Waals surface area contributed by atoms with E-state index in [9.17, 15) is 9.59 Å². The van der Waals surface area contributed by atoms with Crippen LogP contribution in [-0.4, -0.2) is 37.5 Å². The molecule has 0 atom stereocenters. The number of carbonyl (C=O) groups is 2. The Kier molecular flexibility index (Phi) is 4.94. The van der Waals surface area contributed by atoms with Crippen LogP contribution >= 0.6 is 0 Å². The zero-order valence-corrected chi connectivity index (χ0v) is 9.92. The second kappa shape index (κ2) is 6.48. The first-order chi connectivity index (χ1) is 8.15. The van der Waals surface area contributed by atoms with Crippen molar-refractivity contribution < 1.29 is 14.3 Å². The summed E-state index contributed by atoms with van der Waals surface area (Å²) in [5, 5.41) is 0. The predicted molar refractivity (Wildman–Crippen MR) is 65.2 cm³/mol. The lowest BCUT2D eigenvalue weighted by Gasteiger charge is -2.16. The highest BCUT2D eigenvalue weighted by atomic mass is 16.5. The van der Waals surface area contributed by atoms with Crippen LogP contribution in [0.25, 0.3) is 0 Å². The first-order valence-corrected chi connectivity index (χ1v) is 5.19. The Hall–Kier alpha value is -2.10. The fourth-order valence-electron chi connectivity index (χ4n) is 1.26. The number of carbonyl (C=O) groups excluding carboxylic acids is 2. The lowest BCUT2D eigenvalue weighted by molar-refractivity contribution is -0.144. The molecule has 1 rings (SSSR count). The van der Waals surface area contributed by atoms with Crippen LogP contribution < -0.4 is 0 Å². The number of hydrogen-bond donors (Lipinski definition) is 0. The molecule has 0 N–H and O–H groups in total. The van der Waals surface area contributed by atoms with Crippen LogP contribution in [0.4, 0.5) is 0 Å². The molecule has 0 saturated heterocycles. The number of nitrogens with zero attached hydrogens (tertiary/aromatic N) is 1. The summed E-state index contributed by atoms with van der Waals surface area (Å²) in [6, 6.07) is 0. The summed E-state index contributed by atoms with van der Waals surface area (Å²) in [4.78, 5) is 24.3. The van der Waals surface area contributed by atoms with Crippen LogP contribution in [0.2, 0.25) is 0 Å². The standard InChI is InChI=1S/C13H15NO3/c1-14(10-12(15)17-2)13(16)11-8-6-4-3-5-7-9-11/h3-9H,10H2,1-2H3/b4-3-,5-3?,6-4?,7-5-,8-6?,9-7?,11-8?,11-9?. The van der Waals surface area contributed by atoms with Gasteiger partial charge in [-0.05, 0) is 12.2 Å². The van der Waals surface area contributed by atoms with Crippen LogP contribution in [0.1, 0.15) is 0 Å². The Morgan fingerprint density at radius 3 is 2.53 bits per heavy atom. The molecule has 0 saturated carbocycles. The van der Waals surface area contributed by atoms with Gasteiger partial charge in [-0.2, -0.15) is 0 Å². The molecular weight excluding hydrogens is 218 g/mol. The molecule has 4 nitrogen and oxygen atoms in total. The van der Waals surface area contributed by atoms with Gasteiger partial charge in [-0.25, -0.2) is 0 Å². The summed E-state index contributed by atoms with van der Waals surface area (Å²) in [6.45, 7) is -0.0555. The number of rotatable bonds is 3. The van der Waals surface area contributed by atoms with Crippen LogP contribution in [0.3, 0.4) is 0 Å². The van der Waals surface area contributed by atoms with Gasteiger partial charge in [0.25, 0.3) is 5.91 Å². The number of methoxy groups -OCH3 is 1. The maximum Gasteiger partial charge on any atom is 0.325 e. The highest BCUT2D eigenvalue weighted by Crippen LogP contribution is 2.05. The number of likely N-dealkylation sites (N-methyl/N-ethyl adjacent to an activating group) is 1. The van der Waals surface area contributed by atoms with E-state index in [1.165, 1.54) is 12.0 Å². The van der Waals surface area contributed by atoms with Crippen molar-refractivity contribution >= 4 is 11.9 Å². The molecule has 0 bridgehead atoms. The molecule has 0 aromatic carbocycles. The summed E-state index contributed by atoms with van der Waals surface area (Å²) in [6.07, 6.45) is 12.5. The third kappa shape index (κ3) is 4.10. The number of allylic oxidation sites excluding steroid dienone is 6. The lowest BCUT2D eigenvalue weighted by atomic mass is 10.1.